The van der Waals surface area contributed by atoms with Crippen LogP contribution in [0.5, 0.6) is 0 Å². The van der Waals surface area contributed by atoms with Crippen molar-refractivity contribution in [2.75, 3.05) is 5.73 Å². The normalized spacial score (nSPS) is 11.0. The third-order valence-electron chi connectivity index (χ3n) is 2.26. The maximum Gasteiger partial charge on any atom is 0.0314 e. The molecule has 1 heterocycles. The Morgan fingerprint density at radius 3 is 2.27 bits per heavy atom. The van der Waals surface area contributed by atoms with Crippen LogP contribution in [0, 0.1) is 0 Å². The number of nitrogen functional groups attached to an aromatic ring is 1. The molecule has 0 aliphatic carbocycles. The van der Waals surface area contributed by atoms with Crippen LogP contribution >= 0.6 is 0 Å². The summed E-state index contributed by atoms with van der Waals surface area (Å²) < 4.78 is 2.03. The molecule has 0 radical (unpaired) electrons. The minimum atomic E-state index is 0.798. The van der Waals surface area contributed by atoms with Crippen LogP contribution in [0.15, 0.2) is 42.7 Å². The number of nitrogens with two attached hydrogens (primary N) is 1. The summed E-state index contributed by atoms with van der Waals surface area (Å²) in [6, 6.07) is 9.91. The van der Waals surface area contributed by atoms with Crippen LogP contribution in [-0.2, 0) is 7.05 Å². The molecule has 2 N–H and O–H groups in total. The van der Waals surface area contributed by atoms with Crippen molar-refractivity contribution in [3.8, 4) is 0 Å². The van der Waals surface area contributed by atoms with E-state index in [4.69, 9.17) is 5.73 Å². The lowest BCUT2D eigenvalue weighted by Gasteiger charge is -1.94. The zero-order chi connectivity index (χ0) is 10.7. The Labute approximate surface area is 89.7 Å². The van der Waals surface area contributed by atoms with Gasteiger partial charge in [0.2, 0.25) is 0 Å². The summed E-state index contributed by atoms with van der Waals surface area (Å²) in [5.74, 6) is 0. The molecule has 15 heavy (non-hydrogen) atoms. The van der Waals surface area contributed by atoms with E-state index in [0.29, 0.717) is 0 Å². The van der Waals surface area contributed by atoms with E-state index in [1.807, 2.05) is 42.1 Å². The van der Waals surface area contributed by atoms with E-state index < -0.39 is 0 Å². The Kier molecular flexibility index (Phi) is 2.59. The third kappa shape index (κ3) is 2.50. The summed E-state index contributed by atoms with van der Waals surface area (Å²) in [5, 5.41) is 0. The van der Waals surface area contributed by atoms with Gasteiger partial charge in [-0.15, -0.1) is 0 Å². The SMILES string of the molecule is Cn1ccc(/C=C/c2ccc(N)cc2)c1. The molecule has 2 aromatic rings. The van der Waals surface area contributed by atoms with Crippen LogP contribution in [0.3, 0.4) is 0 Å². The van der Waals surface area contributed by atoms with Crippen molar-refractivity contribution in [2.24, 2.45) is 7.05 Å². The highest BCUT2D eigenvalue weighted by atomic mass is 14.9. The van der Waals surface area contributed by atoms with E-state index in [1.165, 1.54) is 5.56 Å². The standard InChI is InChI=1S/C13H14N2/c1-15-9-8-12(10-15)3-2-11-4-6-13(14)7-5-11/h2-10H,14H2,1H3/b3-2+. The van der Waals surface area contributed by atoms with E-state index in [2.05, 4.69) is 24.4 Å². The summed E-state index contributed by atoms with van der Waals surface area (Å²) in [4.78, 5) is 0. The van der Waals surface area contributed by atoms with Gasteiger partial charge in [0.25, 0.3) is 0 Å². The van der Waals surface area contributed by atoms with Crippen molar-refractivity contribution in [3.63, 3.8) is 0 Å². The van der Waals surface area contributed by atoms with Gasteiger partial charge in [-0.2, -0.15) is 0 Å². The number of nitrogens with zero attached hydrogens (tertiary/aromatic N) is 1. The summed E-state index contributed by atoms with van der Waals surface area (Å²) >= 11 is 0. The molecule has 0 atom stereocenters. The number of aryl methyl sites for hydroxylation is 1. The van der Waals surface area contributed by atoms with Crippen LogP contribution in [-0.4, -0.2) is 4.57 Å². The van der Waals surface area contributed by atoms with Gasteiger partial charge in [-0.25, -0.2) is 0 Å². The maximum atomic E-state index is 5.61. The van der Waals surface area contributed by atoms with Gasteiger partial charge in [-0.3, -0.25) is 0 Å². The van der Waals surface area contributed by atoms with Gasteiger partial charge in [0.05, 0.1) is 0 Å². The number of hydrogen-bond acceptors (Lipinski definition) is 1. The van der Waals surface area contributed by atoms with Gasteiger partial charge >= 0.3 is 0 Å². The molecule has 0 unspecified atom stereocenters. The predicted molar refractivity (Wildman–Crippen MR) is 65.2 cm³/mol. The van der Waals surface area contributed by atoms with Crippen LogP contribution in [0.2, 0.25) is 0 Å². The first-order valence-corrected chi connectivity index (χ1v) is 4.90. The van der Waals surface area contributed by atoms with Crippen LogP contribution < -0.4 is 5.73 Å². The number of rotatable bonds is 2. The molecule has 2 nitrogen and oxygen atoms in total. The molecule has 0 aliphatic rings. The number of hydrogen-bond donors (Lipinski definition) is 1. The smallest absolute Gasteiger partial charge is 0.0314 e. The molecule has 0 aliphatic heterocycles. The summed E-state index contributed by atoms with van der Waals surface area (Å²) in [7, 11) is 2.01. The van der Waals surface area contributed by atoms with Gasteiger partial charge in [-0.05, 0) is 29.3 Å². The Morgan fingerprint density at radius 2 is 1.67 bits per heavy atom. The van der Waals surface area contributed by atoms with Crippen molar-refractivity contribution in [3.05, 3.63) is 53.9 Å². The second-order valence-electron chi connectivity index (χ2n) is 3.61. The van der Waals surface area contributed by atoms with E-state index in [-0.39, 0.29) is 0 Å². The van der Waals surface area contributed by atoms with Gasteiger partial charge in [0.1, 0.15) is 0 Å². The molecule has 2 heteroatoms. The Balaban J connectivity index is 2.14. The molecule has 1 aromatic heterocycles. The Bertz CT molecular complexity index is 464. The van der Waals surface area contributed by atoms with Crippen molar-refractivity contribution < 1.29 is 0 Å². The highest BCUT2D eigenvalue weighted by Gasteiger charge is 1.89. The zero-order valence-corrected chi connectivity index (χ0v) is 8.72. The molecule has 1 aromatic carbocycles. The van der Waals surface area contributed by atoms with Gasteiger partial charge in [-0.1, -0.05) is 24.3 Å². The monoisotopic (exact) mass is 198 g/mol. The lowest BCUT2D eigenvalue weighted by molar-refractivity contribution is 0.927. The predicted octanol–water partition coefficient (Wildman–Crippen LogP) is 2.78. The van der Waals surface area contributed by atoms with Gasteiger partial charge in [0, 0.05) is 25.1 Å². The van der Waals surface area contributed by atoms with Crippen LogP contribution in [0.4, 0.5) is 5.69 Å². The van der Waals surface area contributed by atoms with Crippen molar-refractivity contribution in [1.29, 1.82) is 0 Å². The molecule has 0 amide bonds. The minimum absolute atomic E-state index is 0.798. The zero-order valence-electron chi connectivity index (χ0n) is 8.72. The van der Waals surface area contributed by atoms with Crippen LogP contribution in [0.1, 0.15) is 11.1 Å². The molecular formula is C13H14N2. The fourth-order valence-electron chi connectivity index (χ4n) is 1.42. The van der Waals surface area contributed by atoms with E-state index in [9.17, 15) is 0 Å². The Morgan fingerprint density at radius 1 is 1.00 bits per heavy atom. The first kappa shape index (κ1) is 9.59. The first-order chi connectivity index (χ1) is 7.24. The van der Waals surface area contributed by atoms with E-state index >= 15 is 0 Å². The first-order valence-electron chi connectivity index (χ1n) is 4.90. The summed E-state index contributed by atoms with van der Waals surface area (Å²) in [6.07, 6.45) is 8.27. The quantitative estimate of drug-likeness (QED) is 0.739. The fourth-order valence-corrected chi connectivity index (χ4v) is 1.42. The molecule has 0 spiro atoms. The number of benzene rings is 1. The molecule has 0 fully saturated rings. The number of aromatic nitrogens is 1. The molecule has 2 rings (SSSR count). The summed E-state index contributed by atoms with van der Waals surface area (Å²) in [6.45, 7) is 0. The highest BCUT2D eigenvalue weighted by molar-refractivity contribution is 5.69. The largest absolute Gasteiger partial charge is 0.399 e. The average Bonchev–Trinajstić information content (AvgIpc) is 2.64. The van der Waals surface area contributed by atoms with Crippen LogP contribution in [0.25, 0.3) is 12.2 Å². The molecule has 0 saturated heterocycles. The average molecular weight is 198 g/mol. The van der Waals surface area contributed by atoms with Crippen molar-refractivity contribution in [1.82, 2.24) is 4.57 Å². The molecule has 76 valence electrons. The topological polar surface area (TPSA) is 30.9 Å². The fraction of sp³-hybridized carbons (Fsp3) is 0.0769. The second-order valence-corrected chi connectivity index (χ2v) is 3.61. The third-order valence-corrected chi connectivity index (χ3v) is 2.26. The molecular weight excluding hydrogens is 184 g/mol. The molecule has 0 bridgehead atoms. The minimum Gasteiger partial charge on any atom is -0.399 e. The van der Waals surface area contributed by atoms with Gasteiger partial charge in [0.15, 0.2) is 0 Å². The van der Waals surface area contributed by atoms with E-state index in [0.717, 1.165) is 11.3 Å². The lowest BCUT2D eigenvalue weighted by Crippen LogP contribution is -1.82. The lowest BCUT2D eigenvalue weighted by atomic mass is 10.2. The second kappa shape index (κ2) is 4.05. The van der Waals surface area contributed by atoms with Crippen molar-refractivity contribution >= 4 is 17.8 Å². The maximum absolute atomic E-state index is 5.61. The van der Waals surface area contributed by atoms with E-state index in [1.54, 1.807) is 0 Å². The Hall–Kier alpha value is -1.96. The summed E-state index contributed by atoms with van der Waals surface area (Å²) in [5.41, 5.74) is 8.77. The highest BCUT2D eigenvalue weighted by Crippen LogP contribution is 2.10. The van der Waals surface area contributed by atoms with Gasteiger partial charge < -0.3 is 10.3 Å². The molecule has 0 saturated carbocycles. The number of anilines is 1. The van der Waals surface area contributed by atoms with Crippen molar-refractivity contribution in [2.45, 2.75) is 0 Å².